The van der Waals surface area contributed by atoms with Gasteiger partial charge in [-0.1, -0.05) is 0 Å². The summed E-state index contributed by atoms with van der Waals surface area (Å²) in [7, 11) is 3.11. The minimum atomic E-state index is -0.167. The molecule has 0 aromatic carbocycles. The van der Waals surface area contributed by atoms with Crippen LogP contribution in [-0.2, 0) is 7.05 Å². The summed E-state index contributed by atoms with van der Waals surface area (Å²) in [6.07, 6.45) is 0. The molecule has 0 aliphatic rings. The first-order valence-corrected chi connectivity index (χ1v) is 3.54. The minimum absolute atomic E-state index is 0.167. The number of methoxy groups -OCH3 is 1. The topological polar surface area (TPSA) is 31.2 Å². The van der Waals surface area contributed by atoms with Crippen LogP contribution in [0.1, 0.15) is 0 Å². The van der Waals surface area contributed by atoms with Crippen molar-refractivity contribution in [1.82, 2.24) is 4.57 Å². The number of thiol groups is 1. The number of hydrogen-bond acceptors (Lipinski definition) is 3. The number of ether oxygens (including phenoxy) is 1. The van der Waals surface area contributed by atoms with E-state index in [2.05, 4.69) is 12.6 Å². The Morgan fingerprint density at radius 1 is 1.55 bits per heavy atom. The molecule has 0 N–H and O–H groups in total. The largest absolute Gasteiger partial charge is 0.491 e. The number of aromatic nitrogens is 1. The molecular formula is C7H9NO2S. The fourth-order valence-corrected chi connectivity index (χ4v) is 0.923. The second-order valence-corrected chi connectivity index (χ2v) is 2.58. The first-order chi connectivity index (χ1) is 5.16. The summed E-state index contributed by atoms with van der Waals surface area (Å²) in [5.74, 6) is 0.338. The Morgan fingerprint density at radius 2 is 2.18 bits per heavy atom. The van der Waals surface area contributed by atoms with Crippen molar-refractivity contribution in [3.05, 3.63) is 22.5 Å². The molecule has 0 atom stereocenters. The Kier molecular flexibility index (Phi) is 2.24. The lowest BCUT2D eigenvalue weighted by atomic mass is 10.4. The third-order valence-corrected chi connectivity index (χ3v) is 1.91. The summed E-state index contributed by atoms with van der Waals surface area (Å²) in [5, 5.41) is 0.621. The molecule has 0 radical (unpaired) electrons. The van der Waals surface area contributed by atoms with Crippen LogP contribution >= 0.6 is 12.6 Å². The fourth-order valence-electron chi connectivity index (χ4n) is 0.758. The number of nitrogens with zero attached hydrogens (tertiary/aromatic N) is 1. The van der Waals surface area contributed by atoms with Gasteiger partial charge in [0.2, 0.25) is 0 Å². The highest BCUT2D eigenvalue weighted by atomic mass is 32.1. The van der Waals surface area contributed by atoms with E-state index in [4.69, 9.17) is 4.74 Å². The Balaban J connectivity index is 3.37. The summed E-state index contributed by atoms with van der Waals surface area (Å²) in [6, 6.07) is 3.31. The van der Waals surface area contributed by atoms with Gasteiger partial charge in [0.1, 0.15) is 0 Å². The zero-order chi connectivity index (χ0) is 8.43. The summed E-state index contributed by atoms with van der Waals surface area (Å²) < 4.78 is 6.23. The molecule has 0 fully saturated rings. The molecule has 11 heavy (non-hydrogen) atoms. The van der Waals surface area contributed by atoms with Crippen LogP contribution in [0, 0.1) is 0 Å². The van der Waals surface area contributed by atoms with Gasteiger partial charge in [0.25, 0.3) is 5.56 Å². The van der Waals surface area contributed by atoms with Crippen LogP contribution in [0.25, 0.3) is 0 Å². The van der Waals surface area contributed by atoms with Crippen molar-refractivity contribution in [2.75, 3.05) is 7.11 Å². The highest BCUT2D eigenvalue weighted by Gasteiger charge is 2.01. The molecule has 1 rings (SSSR count). The van der Waals surface area contributed by atoms with Gasteiger partial charge in [-0.25, -0.2) is 0 Å². The Hall–Kier alpha value is -0.900. The summed E-state index contributed by atoms with van der Waals surface area (Å²) in [6.45, 7) is 0. The van der Waals surface area contributed by atoms with E-state index in [0.29, 0.717) is 10.8 Å². The van der Waals surface area contributed by atoms with Gasteiger partial charge in [-0.05, 0) is 12.1 Å². The summed E-state index contributed by atoms with van der Waals surface area (Å²) in [5.41, 5.74) is -0.167. The van der Waals surface area contributed by atoms with E-state index in [1.165, 1.54) is 11.7 Å². The van der Waals surface area contributed by atoms with E-state index >= 15 is 0 Å². The lowest BCUT2D eigenvalue weighted by molar-refractivity contribution is 0.402. The molecule has 0 saturated heterocycles. The summed E-state index contributed by atoms with van der Waals surface area (Å²) in [4.78, 5) is 11.2. The van der Waals surface area contributed by atoms with Crippen molar-refractivity contribution >= 4 is 12.6 Å². The van der Waals surface area contributed by atoms with Crippen molar-refractivity contribution in [1.29, 1.82) is 0 Å². The molecule has 1 heterocycles. The molecule has 1 aromatic rings. The maximum atomic E-state index is 11.2. The Labute approximate surface area is 70.0 Å². The molecule has 0 saturated carbocycles. The van der Waals surface area contributed by atoms with E-state index in [9.17, 15) is 4.79 Å². The van der Waals surface area contributed by atoms with Gasteiger partial charge in [-0.15, -0.1) is 12.6 Å². The van der Waals surface area contributed by atoms with Gasteiger partial charge in [-0.2, -0.15) is 0 Å². The van der Waals surface area contributed by atoms with Gasteiger partial charge in [-0.3, -0.25) is 4.79 Å². The quantitative estimate of drug-likeness (QED) is 0.630. The van der Waals surface area contributed by atoms with Crippen molar-refractivity contribution in [3.63, 3.8) is 0 Å². The highest BCUT2D eigenvalue weighted by Crippen LogP contribution is 2.06. The van der Waals surface area contributed by atoms with Crippen LogP contribution in [0.4, 0.5) is 0 Å². The van der Waals surface area contributed by atoms with Crippen LogP contribution in [0.3, 0.4) is 0 Å². The molecule has 4 heteroatoms. The molecule has 0 aliphatic heterocycles. The smallest absolute Gasteiger partial charge is 0.293 e. The van der Waals surface area contributed by atoms with Crippen molar-refractivity contribution in [3.8, 4) is 5.75 Å². The van der Waals surface area contributed by atoms with Gasteiger partial charge < -0.3 is 9.30 Å². The van der Waals surface area contributed by atoms with Crippen LogP contribution < -0.4 is 10.3 Å². The molecule has 3 nitrogen and oxygen atoms in total. The van der Waals surface area contributed by atoms with E-state index in [1.54, 1.807) is 19.2 Å². The first-order valence-electron chi connectivity index (χ1n) is 3.10. The van der Waals surface area contributed by atoms with E-state index in [-0.39, 0.29) is 5.56 Å². The zero-order valence-corrected chi connectivity index (χ0v) is 7.26. The lowest BCUT2D eigenvalue weighted by Gasteiger charge is -2.03. The Bertz CT molecular complexity index is 319. The fraction of sp³-hybridized carbons (Fsp3) is 0.286. The van der Waals surface area contributed by atoms with Gasteiger partial charge in [0, 0.05) is 7.05 Å². The SMILES string of the molecule is COc1ccc(S)n(C)c1=O. The zero-order valence-electron chi connectivity index (χ0n) is 6.37. The van der Waals surface area contributed by atoms with Crippen molar-refractivity contribution < 1.29 is 4.74 Å². The Morgan fingerprint density at radius 3 is 2.73 bits per heavy atom. The third-order valence-electron chi connectivity index (χ3n) is 1.46. The molecule has 0 aliphatic carbocycles. The number of pyridine rings is 1. The van der Waals surface area contributed by atoms with E-state index < -0.39 is 0 Å². The van der Waals surface area contributed by atoms with Crippen molar-refractivity contribution in [2.45, 2.75) is 5.03 Å². The highest BCUT2D eigenvalue weighted by molar-refractivity contribution is 7.80. The monoisotopic (exact) mass is 171 g/mol. The average Bonchev–Trinajstić information content (AvgIpc) is 2.01. The van der Waals surface area contributed by atoms with E-state index in [0.717, 1.165) is 0 Å². The van der Waals surface area contributed by atoms with Crippen molar-refractivity contribution in [2.24, 2.45) is 7.05 Å². The number of rotatable bonds is 1. The van der Waals surface area contributed by atoms with Crippen LogP contribution in [0.15, 0.2) is 22.0 Å². The van der Waals surface area contributed by atoms with E-state index in [1.807, 2.05) is 0 Å². The standard InChI is InChI=1S/C7H9NO2S/c1-8-6(11)4-3-5(10-2)7(8)9/h3-4,11H,1-2H3. The number of hydrogen-bond donors (Lipinski definition) is 1. The second kappa shape index (κ2) is 3.00. The van der Waals surface area contributed by atoms with Gasteiger partial charge in [0.15, 0.2) is 5.75 Å². The van der Waals surface area contributed by atoms with Crippen LogP contribution in [-0.4, -0.2) is 11.7 Å². The predicted octanol–water partition coefficient (Wildman–Crippen LogP) is 0.683. The molecule has 0 unspecified atom stereocenters. The summed E-state index contributed by atoms with van der Waals surface area (Å²) >= 11 is 4.06. The minimum Gasteiger partial charge on any atom is -0.491 e. The third kappa shape index (κ3) is 1.40. The second-order valence-electron chi connectivity index (χ2n) is 2.12. The van der Waals surface area contributed by atoms with Gasteiger partial charge in [0.05, 0.1) is 12.1 Å². The first kappa shape index (κ1) is 8.20. The predicted molar refractivity (Wildman–Crippen MR) is 45.5 cm³/mol. The molecule has 0 amide bonds. The van der Waals surface area contributed by atoms with Crippen LogP contribution in [0.2, 0.25) is 0 Å². The maximum Gasteiger partial charge on any atom is 0.293 e. The molecule has 0 bridgehead atoms. The van der Waals surface area contributed by atoms with Gasteiger partial charge >= 0.3 is 0 Å². The van der Waals surface area contributed by atoms with Crippen LogP contribution in [0.5, 0.6) is 5.75 Å². The lowest BCUT2D eigenvalue weighted by Crippen LogP contribution is -2.18. The maximum absolute atomic E-state index is 11.2. The molecule has 0 spiro atoms. The molecular weight excluding hydrogens is 162 g/mol. The average molecular weight is 171 g/mol. The molecule has 60 valence electrons. The molecule has 1 aromatic heterocycles. The normalized spacial score (nSPS) is 9.73.